The number of benzene rings is 1. The van der Waals surface area contributed by atoms with Crippen molar-refractivity contribution in [1.82, 2.24) is 15.0 Å². The average Bonchev–Trinajstić information content (AvgIpc) is 2.80. The minimum absolute atomic E-state index is 0.0271. The third-order valence-corrected chi connectivity index (χ3v) is 3.71. The van der Waals surface area contributed by atoms with E-state index in [1.807, 2.05) is 18.2 Å². The van der Waals surface area contributed by atoms with Gasteiger partial charge in [0.05, 0.1) is 11.0 Å². The zero-order chi connectivity index (χ0) is 14.1. The van der Waals surface area contributed by atoms with Gasteiger partial charge in [-0.05, 0) is 36.8 Å². The second kappa shape index (κ2) is 4.97. The first-order valence-corrected chi connectivity index (χ1v) is 6.88. The molecule has 2 heterocycles. The molecule has 5 nitrogen and oxygen atoms in total. The van der Waals surface area contributed by atoms with E-state index in [1.54, 1.807) is 12.3 Å². The first-order chi connectivity index (χ1) is 9.61. The van der Waals surface area contributed by atoms with Crippen LogP contribution in [0.15, 0.2) is 46.6 Å². The highest BCUT2D eigenvalue weighted by Crippen LogP contribution is 2.26. The molecule has 3 aromatic rings. The summed E-state index contributed by atoms with van der Waals surface area (Å²) in [5, 5.41) is 8.13. The van der Waals surface area contributed by atoms with Gasteiger partial charge in [0.1, 0.15) is 11.5 Å². The van der Waals surface area contributed by atoms with Gasteiger partial charge in [-0.3, -0.25) is 10.4 Å². The molecule has 0 bridgehead atoms. The lowest BCUT2D eigenvalue weighted by molar-refractivity contribution is 1.07. The summed E-state index contributed by atoms with van der Waals surface area (Å²) in [6.45, 7) is 2.05. The number of hydrogen-bond acceptors (Lipinski definition) is 4. The van der Waals surface area contributed by atoms with Gasteiger partial charge in [0, 0.05) is 11.1 Å². The molecule has 0 unspecified atom stereocenters. The SMILES string of the molecule is Cc1ccc2nc(Sc3ccc(C(=N)N)nc3)[nH]c2c1. The second-order valence-corrected chi connectivity index (χ2v) is 5.52. The van der Waals surface area contributed by atoms with E-state index in [4.69, 9.17) is 11.1 Å². The number of nitrogens with zero attached hydrogens (tertiary/aromatic N) is 2. The summed E-state index contributed by atoms with van der Waals surface area (Å²) in [4.78, 5) is 12.9. The van der Waals surface area contributed by atoms with E-state index in [0.717, 1.165) is 21.1 Å². The fourth-order valence-electron chi connectivity index (χ4n) is 1.86. The number of nitrogen functional groups attached to an aromatic ring is 1. The van der Waals surface area contributed by atoms with Crippen molar-refractivity contribution in [3.8, 4) is 0 Å². The summed E-state index contributed by atoms with van der Waals surface area (Å²) in [6.07, 6.45) is 1.69. The molecular formula is C14H13N5S. The van der Waals surface area contributed by atoms with Crippen LogP contribution in [0.1, 0.15) is 11.3 Å². The number of nitrogens with one attached hydrogen (secondary N) is 2. The van der Waals surface area contributed by atoms with Crippen LogP contribution in [0.2, 0.25) is 0 Å². The molecule has 0 saturated carbocycles. The van der Waals surface area contributed by atoms with Gasteiger partial charge in [0.25, 0.3) is 0 Å². The standard InChI is InChI=1S/C14H13N5S/c1-8-2-4-10-12(6-8)19-14(18-10)20-9-3-5-11(13(15)16)17-7-9/h2-7H,1H3,(H3,15,16)(H,18,19). The Morgan fingerprint density at radius 2 is 2.15 bits per heavy atom. The van der Waals surface area contributed by atoms with Crippen molar-refractivity contribution in [1.29, 1.82) is 5.41 Å². The monoisotopic (exact) mass is 283 g/mol. The van der Waals surface area contributed by atoms with Crippen molar-refractivity contribution in [3.05, 3.63) is 47.8 Å². The lowest BCUT2D eigenvalue weighted by Gasteiger charge is -1.99. The quantitative estimate of drug-likeness (QED) is 0.509. The van der Waals surface area contributed by atoms with E-state index in [-0.39, 0.29) is 5.84 Å². The van der Waals surface area contributed by atoms with Crippen LogP contribution in [0.5, 0.6) is 0 Å². The Labute approximate surface area is 120 Å². The first kappa shape index (κ1) is 12.7. The summed E-state index contributed by atoms with van der Waals surface area (Å²) in [5.74, 6) is -0.0271. The number of imidazole rings is 1. The van der Waals surface area contributed by atoms with Crippen LogP contribution in [0.3, 0.4) is 0 Å². The highest BCUT2D eigenvalue weighted by molar-refractivity contribution is 7.99. The molecule has 0 aliphatic rings. The lowest BCUT2D eigenvalue weighted by atomic mass is 10.2. The molecule has 0 aliphatic carbocycles. The fourth-order valence-corrected chi connectivity index (χ4v) is 2.63. The Hall–Kier alpha value is -2.34. The van der Waals surface area contributed by atoms with E-state index in [2.05, 4.69) is 27.9 Å². The predicted molar refractivity (Wildman–Crippen MR) is 80.2 cm³/mol. The zero-order valence-electron chi connectivity index (χ0n) is 10.8. The molecule has 100 valence electrons. The van der Waals surface area contributed by atoms with Crippen molar-refractivity contribution >= 4 is 28.6 Å². The van der Waals surface area contributed by atoms with Crippen LogP contribution >= 0.6 is 11.8 Å². The van der Waals surface area contributed by atoms with E-state index < -0.39 is 0 Å². The van der Waals surface area contributed by atoms with Crippen LogP contribution in [0, 0.1) is 12.3 Å². The third-order valence-electron chi connectivity index (χ3n) is 2.84. The average molecular weight is 283 g/mol. The van der Waals surface area contributed by atoms with Crippen molar-refractivity contribution in [2.75, 3.05) is 0 Å². The van der Waals surface area contributed by atoms with Crippen LogP contribution in [-0.4, -0.2) is 20.8 Å². The summed E-state index contributed by atoms with van der Waals surface area (Å²) in [7, 11) is 0. The molecule has 0 radical (unpaired) electrons. The van der Waals surface area contributed by atoms with Crippen LogP contribution in [0.25, 0.3) is 11.0 Å². The summed E-state index contributed by atoms with van der Waals surface area (Å²) in [5.41, 5.74) is 9.04. The number of amidine groups is 1. The molecule has 0 saturated heterocycles. The number of pyridine rings is 1. The van der Waals surface area contributed by atoms with Gasteiger partial charge in [0.15, 0.2) is 5.16 Å². The fraction of sp³-hybridized carbons (Fsp3) is 0.0714. The number of aromatic amines is 1. The largest absolute Gasteiger partial charge is 0.382 e. The number of rotatable bonds is 3. The van der Waals surface area contributed by atoms with Gasteiger partial charge >= 0.3 is 0 Å². The summed E-state index contributed by atoms with van der Waals surface area (Å²) >= 11 is 1.50. The molecule has 20 heavy (non-hydrogen) atoms. The maximum Gasteiger partial charge on any atom is 0.171 e. The maximum absolute atomic E-state index is 7.31. The van der Waals surface area contributed by atoms with Gasteiger partial charge in [-0.25, -0.2) is 4.98 Å². The van der Waals surface area contributed by atoms with E-state index in [9.17, 15) is 0 Å². The molecule has 6 heteroatoms. The van der Waals surface area contributed by atoms with Gasteiger partial charge in [-0.15, -0.1) is 0 Å². The maximum atomic E-state index is 7.31. The molecule has 4 N–H and O–H groups in total. The normalized spacial score (nSPS) is 10.8. The minimum Gasteiger partial charge on any atom is -0.382 e. The lowest BCUT2D eigenvalue weighted by Crippen LogP contribution is -2.12. The van der Waals surface area contributed by atoms with Gasteiger partial charge in [-0.2, -0.15) is 0 Å². The molecule has 3 rings (SSSR count). The predicted octanol–water partition coefficient (Wildman–Crippen LogP) is 2.70. The number of hydrogen-bond donors (Lipinski definition) is 3. The summed E-state index contributed by atoms with van der Waals surface area (Å²) < 4.78 is 0. The molecular weight excluding hydrogens is 270 g/mol. The van der Waals surface area contributed by atoms with Gasteiger partial charge in [0.2, 0.25) is 0 Å². The molecule has 0 spiro atoms. The summed E-state index contributed by atoms with van der Waals surface area (Å²) in [6, 6.07) is 9.73. The van der Waals surface area contributed by atoms with E-state index in [0.29, 0.717) is 5.69 Å². The van der Waals surface area contributed by atoms with Gasteiger partial charge in [-0.1, -0.05) is 17.8 Å². The molecule has 0 atom stereocenters. The first-order valence-electron chi connectivity index (χ1n) is 6.06. The van der Waals surface area contributed by atoms with E-state index >= 15 is 0 Å². The molecule has 2 aromatic heterocycles. The Morgan fingerprint density at radius 1 is 1.30 bits per heavy atom. The molecule has 0 aliphatic heterocycles. The van der Waals surface area contributed by atoms with Crippen molar-refractivity contribution < 1.29 is 0 Å². The van der Waals surface area contributed by atoms with Crippen molar-refractivity contribution in [2.24, 2.45) is 5.73 Å². The number of H-pyrrole nitrogens is 1. The Bertz CT molecular complexity index is 776. The third kappa shape index (κ3) is 2.50. The number of fused-ring (bicyclic) bond motifs is 1. The Kier molecular flexibility index (Phi) is 3.15. The van der Waals surface area contributed by atoms with Crippen LogP contribution in [-0.2, 0) is 0 Å². The van der Waals surface area contributed by atoms with E-state index in [1.165, 1.54) is 17.3 Å². The number of aromatic nitrogens is 3. The Balaban J connectivity index is 1.87. The molecule has 1 aromatic carbocycles. The molecule has 0 amide bonds. The van der Waals surface area contributed by atoms with Gasteiger partial charge < -0.3 is 10.7 Å². The van der Waals surface area contributed by atoms with Crippen molar-refractivity contribution in [2.45, 2.75) is 17.0 Å². The minimum atomic E-state index is -0.0271. The smallest absolute Gasteiger partial charge is 0.171 e. The van der Waals surface area contributed by atoms with Crippen molar-refractivity contribution in [3.63, 3.8) is 0 Å². The highest BCUT2D eigenvalue weighted by atomic mass is 32.2. The zero-order valence-corrected chi connectivity index (χ0v) is 11.7. The van der Waals surface area contributed by atoms with Crippen LogP contribution < -0.4 is 5.73 Å². The topological polar surface area (TPSA) is 91.4 Å². The number of aryl methyl sites for hydroxylation is 1. The highest BCUT2D eigenvalue weighted by Gasteiger charge is 2.06. The second-order valence-electron chi connectivity index (χ2n) is 4.46. The number of nitrogens with two attached hydrogens (primary N) is 1. The van der Waals surface area contributed by atoms with Crippen LogP contribution in [0.4, 0.5) is 0 Å². The molecule has 0 fully saturated rings. The Morgan fingerprint density at radius 3 is 2.85 bits per heavy atom.